The van der Waals surface area contributed by atoms with Gasteiger partial charge in [-0.15, -0.1) is 0 Å². The molecule has 126 valence electrons. The van der Waals surface area contributed by atoms with Crippen LogP contribution in [0.15, 0.2) is 11.6 Å². The molecule has 1 rings (SSSR count). The Morgan fingerprint density at radius 2 is 1.68 bits per heavy atom. The second-order valence-corrected chi connectivity index (χ2v) is 4.64. The Labute approximate surface area is 127 Å². The second-order valence-electron chi connectivity index (χ2n) is 4.64. The van der Waals surface area contributed by atoms with E-state index in [4.69, 9.17) is 24.7 Å². The highest BCUT2D eigenvalue weighted by Crippen LogP contribution is 2.45. The van der Waals surface area contributed by atoms with Crippen LogP contribution in [0, 0.1) is 10.1 Å². The van der Waals surface area contributed by atoms with Gasteiger partial charge in [0.2, 0.25) is 11.6 Å². The van der Waals surface area contributed by atoms with Crippen molar-refractivity contribution in [3.63, 3.8) is 0 Å². The van der Waals surface area contributed by atoms with E-state index in [2.05, 4.69) is 4.74 Å². The van der Waals surface area contributed by atoms with E-state index in [1.54, 1.807) is 0 Å². The molecule has 2 N–H and O–H groups in total. The van der Waals surface area contributed by atoms with Crippen LogP contribution in [-0.4, -0.2) is 63.7 Å². The summed E-state index contributed by atoms with van der Waals surface area (Å²) in [7, 11) is 6.15. The van der Waals surface area contributed by atoms with E-state index < -0.39 is 40.1 Å². The van der Waals surface area contributed by atoms with E-state index in [9.17, 15) is 14.9 Å². The maximum atomic E-state index is 11.9. The fourth-order valence-corrected chi connectivity index (χ4v) is 2.53. The van der Waals surface area contributed by atoms with Crippen LogP contribution in [0.25, 0.3) is 0 Å². The van der Waals surface area contributed by atoms with Gasteiger partial charge < -0.3 is 23.7 Å². The van der Waals surface area contributed by atoms with Gasteiger partial charge in [0.1, 0.15) is 5.57 Å². The van der Waals surface area contributed by atoms with Crippen LogP contribution in [-0.2, 0) is 28.5 Å². The third kappa shape index (κ3) is 2.38. The molecule has 22 heavy (non-hydrogen) atoms. The third-order valence-electron chi connectivity index (χ3n) is 3.83. The minimum Gasteiger partial charge on any atom is -0.465 e. The molecule has 0 spiro atoms. The Morgan fingerprint density at radius 1 is 1.18 bits per heavy atom. The highest BCUT2D eigenvalue weighted by atomic mass is 16.8. The lowest BCUT2D eigenvalue weighted by molar-refractivity contribution is -0.572. The smallest absolute Gasteiger partial charge is 0.342 e. The summed E-state index contributed by atoms with van der Waals surface area (Å²) in [6.45, 7) is 0. The number of nitrogens with zero attached hydrogens (tertiary/aromatic N) is 1. The first-order chi connectivity index (χ1) is 10.2. The summed E-state index contributed by atoms with van der Waals surface area (Å²) in [6, 6.07) is 0. The molecule has 0 aromatic carbocycles. The minimum atomic E-state index is -2.29. The molecule has 1 atom stereocenters. The number of carbonyl (C=O) groups is 1. The van der Waals surface area contributed by atoms with Crippen molar-refractivity contribution in [3.05, 3.63) is 21.8 Å². The van der Waals surface area contributed by atoms with Crippen molar-refractivity contribution in [3.8, 4) is 0 Å². The largest absolute Gasteiger partial charge is 0.465 e. The van der Waals surface area contributed by atoms with Gasteiger partial charge in [-0.2, -0.15) is 0 Å². The van der Waals surface area contributed by atoms with Crippen LogP contribution < -0.4 is 5.73 Å². The van der Waals surface area contributed by atoms with Gasteiger partial charge in [-0.05, 0) is 6.08 Å². The molecule has 10 heteroatoms. The molecule has 0 saturated carbocycles. The van der Waals surface area contributed by atoms with Crippen molar-refractivity contribution in [1.82, 2.24) is 0 Å². The van der Waals surface area contributed by atoms with Crippen LogP contribution >= 0.6 is 0 Å². The average molecular weight is 320 g/mol. The van der Waals surface area contributed by atoms with Crippen molar-refractivity contribution < 1.29 is 33.4 Å². The fourth-order valence-electron chi connectivity index (χ4n) is 2.53. The van der Waals surface area contributed by atoms with E-state index >= 15 is 0 Å². The molecular weight excluding hydrogens is 300 g/mol. The van der Waals surface area contributed by atoms with Crippen molar-refractivity contribution >= 4 is 5.97 Å². The topological polar surface area (TPSA) is 132 Å². The Bertz CT molecular complexity index is 484. The van der Waals surface area contributed by atoms with Gasteiger partial charge in [0, 0.05) is 33.4 Å². The molecule has 0 aromatic rings. The Balaban J connectivity index is 3.69. The van der Waals surface area contributed by atoms with Crippen molar-refractivity contribution in [1.29, 1.82) is 0 Å². The first kappa shape index (κ1) is 18.5. The van der Waals surface area contributed by atoms with Crippen LogP contribution in [0.4, 0.5) is 0 Å². The van der Waals surface area contributed by atoms with Crippen molar-refractivity contribution in [2.45, 2.75) is 23.7 Å². The number of rotatable bonds is 6. The molecule has 0 fully saturated rings. The van der Waals surface area contributed by atoms with Gasteiger partial charge in [0.05, 0.1) is 13.5 Å². The zero-order chi connectivity index (χ0) is 17.2. The normalized spacial score (nSPS) is 26.2. The number of hydrogen-bond acceptors (Lipinski definition) is 9. The maximum absolute atomic E-state index is 11.9. The van der Waals surface area contributed by atoms with Gasteiger partial charge in [0.15, 0.2) is 0 Å². The first-order valence-corrected chi connectivity index (χ1v) is 6.18. The average Bonchev–Trinajstić information content (AvgIpc) is 2.53. The second kappa shape index (κ2) is 6.26. The molecule has 1 aliphatic rings. The summed E-state index contributed by atoms with van der Waals surface area (Å²) in [6.07, 6.45) is 0.515. The molecule has 0 aliphatic heterocycles. The highest BCUT2D eigenvalue weighted by molar-refractivity contribution is 5.91. The lowest BCUT2D eigenvalue weighted by Crippen LogP contribution is -2.69. The molecule has 10 nitrogen and oxygen atoms in total. The zero-order valence-electron chi connectivity index (χ0n) is 13.1. The molecular formula is C12H20N2O8. The van der Waals surface area contributed by atoms with E-state index in [0.717, 1.165) is 13.2 Å². The monoisotopic (exact) mass is 320 g/mol. The molecule has 0 aromatic heterocycles. The van der Waals surface area contributed by atoms with Gasteiger partial charge in [0.25, 0.3) is 0 Å². The Kier molecular flexibility index (Phi) is 5.25. The van der Waals surface area contributed by atoms with Crippen LogP contribution in [0.3, 0.4) is 0 Å². The minimum absolute atomic E-state index is 0.423. The lowest BCUT2D eigenvalue weighted by Gasteiger charge is -2.48. The predicted octanol–water partition coefficient (Wildman–Crippen LogP) is -0.601. The quantitative estimate of drug-likeness (QED) is 0.295. The number of carbonyl (C=O) groups excluding carboxylic acids is 1. The van der Waals surface area contributed by atoms with Crippen LogP contribution in [0.2, 0.25) is 0 Å². The summed E-state index contributed by atoms with van der Waals surface area (Å²) < 4.78 is 25.7. The van der Waals surface area contributed by atoms with Gasteiger partial charge in [-0.1, -0.05) is 0 Å². The van der Waals surface area contributed by atoms with E-state index in [1.807, 2.05) is 0 Å². The molecule has 0 saturated heterocycles. The van der Waals surface area contributed by atoms with Crippen LogP contribution in [0.5, 0.6) is 0 Å². The number of methoxy groups -OCH3 is 5. The number of nitro groups is 1. The first-order valence-electron chi connectivity index (χ1n) is 6.18. The number of hydrogen-bond donors (Lipinski definition) is 1. The zero-order valence-corrected chi connectivity index (χ0v) is 13.1. The highest BCUT2D eigenvalue weighted by Gasteiger charge is 2.67. The summed E-state index contributed by atoms with van der Waals surface area (Å²) in [5.41, 5.74) is 3.13. The number of ether oxygens (including phenoxy) is 5. The number of nitrogens with two attached hydrogens (primary N) is 1. The molecule has 0 heterocycles. The predicted molar refractivity (Wildman–Crippen MR) is 72.1 cm³/mol. The molecule has 0 amide bonds. The van der Waals surface area contributed by atoms with Crippen molar-refractivity contribution in [2.24, 2.45) is 5.73 Å². The molecule has 1 aliphatic carbocycles. The van der Waals surface area contributed by atoms with E-state index in [1.165, 1.54) is 28.4 Å². The lowest BCUT2D eigenvalue weighted by atomic mass is 9.80. The SMILES string of the molecule is COC(=O)C1=CC(OC)(OC)C(OC)(OC)CC1(N)[N+](=O)[O-]. The third-order valence-corrected chi connectivity index (χ3v) is 3.83. The van der Waals surface area contributed by atoms with E-state index in [0.29, 0.717) is 0 Å². The van der Waals surface area contributed by atoms with Crippen LogP contribution in [0.1, 0.15) is 6.42 Å². The summed E-state index contributed by atoms with van der Waals surface area (Å²) in [5, 5.41) is 11.5. The molecule has 0 radical (unpaired) electrons. The molecule has 1 unspecified atom stereocenters. The fraction of sp³-hybridized carbons (Fsp3) is 0.750. The summed E-state index contributed by atoms with van der Waals surface area (Å²) in [4.78, 5) is 22.6. The van der Waals surface area contributed by atoms with Gasteiger partial charge >= 0.3 is 11.6 Å². The Morgan fingerprint density at radius 3 is 2.00 bits per heavy atom. The molecule has 0 bridgehead atoms. The standard InChI is InChI=1S/C12H20N2O8/c1-18-9(15)8-6-11(19-2,20-3)12(21-4,22-5)7-10(8,13)14(16)17/h6H,7,13H2,1-5H3. The summed E-state index contributed by atoms with van der Waals surface area (Å²) >= 11 is 0. The van der Waals surface area contributed by atoms with Crippen molar-refractivity contribution in [2.75, 3.05) is 35.5 Å². The van der Waals surface area contributed by atoms with E-state index in [-0.39, 0.29) is 0 Å². The maximum Gasteiger partial charge on any atom is 0.342 e. The Hall–Kier alpha value is -1.59. The number of esters is 1. The van der Waals surface area contributed by atoms with Gasteiger partial charge in [-0.25, -0.2) is 4.79 Å². The summed E-state index contributed by atoms with van der Waals surface area (Å²) in [5.74, 6) is -4.44. The van der Waals surface area contributed by atoms with Gasteiger partial charge in [-0.3, -0.25) is 15.8 Å².